The van der Waals surface area contributed by atoms with Crippen molar-refractivity contribution < 1.29 is 14.7 Å². The fourth-order valence-electron chi connectivity index (χ4n) is 1.49. The van der Waals surface area contributed by atoms with Gasteiger partial charge in [-0.2, -0.15) is 0 Å². The molecule has 2 heterocycles. The van der Waals surface area contributed by atoms with Gasteiger partial charge in [0.1, 0.15) is 16.3 Å². The maximum Gasteiger partial charge on any atom is 0.322 e. The molecule has 6 nitrogen and oxygen atoms in total. The van der Waals surface area contributed by atoms with Crippen LogP contribution in [0.4, 0.5) is 5.69 Å². The van der Waals surface area contributed by atoms with Crippen molar-refractivity contribution in [2.75, 3.05) is 12.3 Å². The Morgan fingerprint density at radius 2 is 2.22 bits per heavy atom. The number of nitrogens with zero attached hydrogens (tertiary/aromatic N) is 1. The van der Waals surface area contributed by atoms with Crippen LogP contribution in [0.15, 0.2) is 12.1 Å². The first-order valence-electron chi connectivity index (χ1n) is 5.14. The van der Waals surface area contributed by atoms with E-state index in [4.69, 9.17) is 10.8 Å². The molecule has 0 fully saturated rings. The van der Waals surface area contributed by atoms with Crippen LogP contribution in [-0.4, -0.2) is 28.5 Å². The number of carboxylic acids is 1. The molecule has 4 N–H and O–H groups in total. The summed E-state index contributed by atoms with van der Waals surface area (Å²) in [6.07, 6.45) is 0. The van der Waals surface area contributed by atoms with E-state index < -0.39 is 18.4 Å². The Hall–Kier alpha value is -2.15. The average molecular weight is 265 g/mol. The van der Waals surface area contributed by atoms with E-state index in [1.54, 1.807) is 6.07 Å². The molecule has 0 aliphatic rings. The first-order valence-corrected chi connectivity index (χ1v) is 5.96. The van der Waals surface area contributed by atoms with Crippen LogP contribution in [0.1, 0.15) is 15.4 Å². The van der Waals surface area contributed by atoms with Crippen molar-refractivity contribution in [1.82, 2.24) is 10.3 Å². The lowest BCUT2D eigenvalue weighted by atomic mass is 10.2. The third-order valence-corrected chi connectivity index (χ3v) is 3.45. The molecule has 0 saturated carbocycles. The number of fused-ring (bicyclic) bond motifs is 1. The third-order valence-electron chi connectivity index (χ3n) is 2.34. The van der Waals surface area contributed by atoms with Crippen molar-refractivity contribution in [3.63, 3.8) is 0 Å². The highest BCUT2D eigenvalue weighted by molar-refractivity contribution is 7.21. The zero-order valence-corrected chi connectivity index (χ0v) is 10.4. The molecular formula is C11H11N3O3S. The zero-order valence-electron chi connectivity index (χ0n) is 9.56. The number of nitrogen functional groups attached to an aromatic ring is 1. The van der Waals surface area contributed by atoms with Gasteiger partial charge < -0.3 is 16.2 Å². The van der Waals surface area contributed by atoms with Crippen LogP contribution in [0.5, 0.6) is 0 Å². The molecule has 7 heteroatoms. The van der Waals surface area contributed by atoms with Gasteiger partial charge in [0, 0.05) is 11.1 Å². The Morgan fingerprint density at radius 3 is 2.89 bits per heavy atom. The number of anilines is 1. The number of rotatable bonds is 3. The molecule has 2 rings (SSSR count). The Morgan fingerprint density at radius 1 is 1.50 bits per heavy atom. The van der Waals surface area contributed by atoms with E-state index in [0.717, 1.165) is 17.0 Å². The van der Waals surface area contributed by atoms with Gasteiger partial charge in [-0.05, 0) is 19.1 Å². The molecule has 0 bridgehead atoms. The van der Waals surface area contributed by atoms with E-state index in [2.05, 4.69) is 10.3 Å². The van der Waals surface area contributed by atoms with Crippen molar-refractivity contribution in [3.8, 4) is 0 Å². The van der Waals surface area contributed by atoms with Gasteiger partial charge in [0.05, 0.1) is 5.69 Å². The maximum absolute atomic E-state index is 11.8. The van der Waals surface area contributed by atoms with Crippen molar-refractivity contribution in [1.29, 1.82) is 0 Å². The summed E-state index contributed by atoms with van der Waals surface area (Å²) in [6.45, 7) is 1.42. The molecule has 18 heavy (non-hydrogen) atoms. The number of carbonyl (C=O) groups is 2. The number of amides is 1. The average Bonchev–Trinajstić information content (AvgIpc) is 2.63. The number of carbonyl (C=O) groups excluding carboxylic acids is 1. The fourth-order valence-corrected chi connectivity index (χ4v) is 2.55. The number of hydrogen-bond donors (Lipinski definition) is 3. The summed E-state index contributed by atoms with van der Waals surface area (Å²) in [5.74, 6) is -1.59. The van der Waals surface area contributed by atoms with Crippen molar-refractivity contribution in [2.45, 2.75) is 6.92 Å². The van der Waals surface area contributed by atoms with E-state index >= 15 is 0 Å². The van der Waals surface area contributed by atoms with Crippen LogP contribution < -0.4 is 11.1 Å². The summed E-state index contributed by atoms with van der Waals surface area (Å²) in [6, 6.07) is 3.61. The Balaban J connectivity index is 2.36. The second-order valence-corrected chi connectivity index (χ2v) is 4.73. The van der Waals surface area contributed by atoms with Crippen molar-refractivity contribution >= 4 is 39.1 Å². The first-order chi connectivity index (χ1) is 8.49. The van der Waals surface area contributed by atoms with Gasteiger partial charge >= 0.3 is 5.97 Å². The Kier molecular flexibility index (Phi) is 3.15. The number of nitrogens with one attached hydrogen (secondary N) is 1. The Labute approximate surface area is 106 Å². The molecular weight excluding hydrogens is 254 g/mol. The van der Waals surface area contributed by atoms with E-state index in [1.807, 2.05) is 13.0 Å². The highest BCUT2D eigenvalue weighted by Gasteiger charge is 2.17. The SMILES string of the molecule is Cc1ccc2c(N)c(C(=O)NCC(=O)O)sc2n1. The van der Waals surface area contributed by atoms with Gasteiger partial charge in [-0.3, -0.25) is 9.59 Å². The summed E-state index contributed by atoms with van der Waals surface area (Å²) < 4.78 is 0. The quantitative estimate of drug-likeness (QED) is 0.767. The third kappa shape index (κ3) is 2.25. The fraction of sp³-hybridized carbons (Fsp3) is 0.182. The second-order valence-electron chi connectivity index (χ2n) is 3.73. The lowest BCUT2D eigenvalue weighted by Gasteiger charge is -2.00. The zero-order chi connectivity index (χ0) is 13.3. The van der Waals surface area contributed by atoms with Crippen molar-refractivity contribution in [3.05, 3.63) is 22.7 Å². The number of thiophene rings is 1. The van der Waals surface area contributed by atoms with Crippen molar-refractivity contribution in [2.24, 2.45) is 0 Å². The number of nitrogens with two attached hydrogens (primary N) is 1. The molecule has 0 radical (unpaired) electrons. The predicted molar refractivity (Wildman–Crippen MR) is 68.7 cm³/mol. The molecule has 0 unspecified atom stereocenters. The lowest BCUT2D eigenvalue weighted by Crippen LogP contribution is -2.29. The smallest absolute Gasteiger partial charge is 0.322 e. The summed E-state index contributed by atoms with van der Waals surface area (Å²) in [4.78, 5) is 27.4. The van der Waals surface area contributed by atoms with Gasteiger partial charge in [-0.1, -0.05) is 0 Å². The number of hydrogen-bond acceptors (Lipinski definition) is 5. The van der Waals surface area contributed by atoms with E-state index in [0.29, 0.717) is 20.8 Å². The number of pyridine rings is 1. The van der Waals surface area contributed by atoms with Gasteiger partial charge in [-0.15, -0.1) is 11.3 Å². The summed E-state index contributed by atoms with van der Waals surface area (Å²) in [5, 5.41) is 11.5. The van der Waals surface area contributed by atoms with Gasteiger partial charge in [-0.25, -0.2) is 4.98 Å². The summed E-state index contributed by atoms with van der Waals surface area (Å²) in [5.41, 5.74) is 7.03. The Bertz CT molecular complexity index is 636. The number of carboxylic acid groups (broad SMARTS) is 1. The molecule has 2 aromatic rings. The van der Waals surface area contributed by atoms with Crippen LogP contribution in [0, 0.1) is 6.92 Å². The minimum Gasteiger partial charge on any atom is -0.480 e. The molecule has 0 aliphatic carbocycles. The number of aryl methyl sites for hydroxylation is 1. The van der Waals surface area contributed by atoms with Crippen LogP contribution in [0.25, 0.3) is 10.2 Å². The normalized spacial score (nSPS) is 10.5. The van der Waals surface area contributed by atoms with E-state index in [9.17, 15) is 9.59 Å². The monoisotopic (exact) mass is 265 g/mol. The second kappa shape index (κ2) is 4.61. The van der Waals surface area contributed by atoms with Crippen LogP contribution >= 0.6 is 11.3 Å². The lowest BCUT2D eigenvalue weighted by molar-refractivity contribution is -0.135. The molecule has 94 valence electrons. The summed E-state index contributed by atoms with van der Waals surface area (Å²) >= 11 is 1.16. The maximum atomic E-state index is 11.8. The first kappa shape index (κ1) is 12.3. The predicted octanol–water partition coefficient (Wildman–Crippen LogP) is 1.00. The topological polar surface area (TPSA) is 105 Å². The van der Waals surface area contributed by atoms with Crippen LogP contribution in [0.3, 0.4) is 0 Å². The number of aromatic nitrogens is 1. The molecule has 0 atom stereocenters. The van der Waals surface area contributed by atoms with E-state index in [1.165, 1.54) is 0 Å². The molecule has 0 spiro atoms. The summed E-state index contributed by atoms with van der Waals surface area (Å²) in [7, 11) is 0. The highest BCUT2D eigenvalue weighted by atomic mass is 32.1. The molecule has 1 amide bonds. The molecule has 0 saturated heterocycles. The molecule has 0 aromatic carbocycles. The van der Waals surface area contributed by atoms with Crippen LogP contribution in [-0.2, 0) is 4.79 Å². The minimum atomic E-state index is -1.10. The van der Waals surface area contributed by atoms with Gasteiger partial charge in [0.25, 0.3) is 5.91 Å². The molecule has 2 aromatic heterocycles. The van der Waals surface area contributed by atoms with Crippen LogP contribution in [0.2, 0.25) is 0 Å². The standard InChI is InChI=1S/C11H11N3O3S/c1-5-2-3-6-8(12)9(18-11(6)14-5)10(17)13-4-7(15)16/h2-3H,4,12H2,1H3,(H,13,17)(H,15,16). The highest BCUT2D eigenvalue weighted by Crippen LogP contribution is 2.32. The van der Waals surface area contributed by atoms with E-state index in [-0.39, 0.29) is 0 Å². The van der Waals surface area contributed by atoms with Gasteiger partial charge in [0.2, 0.25) is 0 Å². The molecule has 0 aliphatic heterocycles. The van der Waals surface area contributed by atoms with Gasteiger partial charge in [0.15, 0.2) is 0 Å². The minimum absolute atomic E-state index is 0.296. The number of aliphatic carboxylic acids is 1. The largest absolute Gasteiger partial charge is 0.480 e.